The fraction of sp³-hybridized carbons (Fsp3) is 0.355. The van der Waals surface area contributed by atoms with E-state index < -0.39 is 0 Å². The highest BCUT2D eigenvalue weighted by Gasteiger charge is 2.37. The predicted molar refractivity (Wildman–Crippen MR) is 146 cm³/mol. The summed E-state index contributed by atoms with van der Waals surface area (Å²) < 4.78 is 4.08. The number of aromatic nitrogens is 3. The van der Waals surface area contributed by atoms with Gasteiger partial charge in [-0.2, -0.15) is 0 Å². The van der Waals surface area contributed by atoms with Gasteiger partial charge in [0.1, 0.15) is 5.65 Å². The molecule has 5 heterocycles. The summed E-state index contributed by atoms with van der Waals surface area (Å²) >= 11 is 0. The largest absolute Gasteiger partial charge is 0.347 e. The van der Waals surface area contributed by atoms with Gasteiger partial charge in [-0.3, -0.25) is 18.8 Å². The molecule has 2 aliphatic heterocycles. The van der Waals surface area contributed by atoms with Crippen molar-refractivity contribution in [2.24, 2.45) is 5.92 Å². The highest BCUT2D eigenvalue weighted by molar-refractivity contribution is 6.51. The lowest BCUT2D eigenvalue weighted by molar-refractivity contribution is -0.136. The molecule has 7 rings (SSSR count). The Morgan fingerprint density at radius 3 is 2.66 bits per heavy atom. The smallest absolute Gasteiger partial charge is 0.226 e. The molecule has 3 aliphatic rings. The predicted octanol–water partition coefficient (Wildman–Crippen LogP) is 4.63. The van der Waals surface area contributed by atoms with E-state index in [-0.39, 0.29) is 29.8 Å². The molecule has 192 valence electrons. The number of benzene rings is 1. The Kier molecular flexibility index (Phi) is 5.35. The standard InChI is InChI=1S/C31H30N4O3/c1-19-13-21-15-20(31(38)33-9-4-2-5-10-33)8-12-34-18-23(22(14-19)30(21)34)28-25(36)16-26(37)29(28)24-17-32-27-7-3-6-11-35(24)27/h3,6-7,11,13-14,17-18,20H,2,4-5,8-10,12,15-16H2,1H3. The molecular formula is C31H30N4O3. The van der Waals surface area contributed by atoms with Crippen LogP contribution in [0.4, 0.5) is 0 Å². The summed E-state index contributed by atoms with van der Waals surface area (Å²) in [6, 6.07) is 10.00. The number of hydrogen-bond donors (Lipinski definition) is 0. The Morgan fingerprint density at radius 2 is 1.82 bits per heavy atom. The number of allylic oxidation sites excluding steroid dienone is 2. The van der Waals surface area contributed by atoms with E-state index in [4.69, 9.17) is 0 Å². The molecule has 1 amide bonds. The fourth-order valence-corrected chi connectivity index (χ4v) is 6.74. The van der Waals surface area contributed by atoms with Gasteiger partial charge in [-0.1, -0.05) is 17.7 Å². The number of imidazole rings is 1. The second-order valence-corrected chi connectivity index (χ2v) is 11.0. The van der Waals surface area contributed by atoms with Crippen molar-refractivity contribution >= 4 is 45.2 Å². The van der Waals surface area contributed by atoms with Gasteiger partial charge in [0, 0.05) is 54.5 Å². The van der Waals surface area contributed by atoms with E-state index in [0.29, 0.717) is 29.8 Å². The van der Waals surface area contributed by atoms with Gasteiger partial charge in [-0.15, -0.1) is 0 Å². The number of piperidine rings is 1. The summed E-state index contributed by atoms with van der Waals surface area (Å²) in [4.78, 5) is 46.6. The maximum absolute atomic E-state index is 13.4. The van der Waals surface area contributed by atoms with Crippen molar-refractivity contribution in [1.82, 2.24) is 18.9 Å². The molecular weight excluding hydrogens is 476 g/mol. The van der Waals surface area contributed by atoms with Crippen LogP contribution in [-0.2, 0) is 27.3 Å². The first-order chi connectivity index (χ1) is 18.5. The summed E-state index contributed by atoms with van der Waals surface area (Å²) in [6.45, 7) is 4.50. The highest BCUT2D eigenvalue weighted by Crippen LogP contribution is 2.41. The number of pyridine rings is 1. The van der Waals surface area contributed by atoms with Gasteiger partial charge < -0.3 is 9.47 Å². The Morgan fingerprint density at radius 1 is 1.00 bits per heavy atom. The number of hydrogen-bond acceptors (Lipinski definition) is 4. The van der Waals surface area contributed by atoms with Crippen molar-refractivity contribution in [3.8, 4) is 0 Å². The number of nitrogens with zero attached hydrogens (tertiary/aromatic N) is 4. The van der Waals surface area contributed by atoms with E-state index in [0.717, 1.165) is 65.6 Å². The summed E-state index contributed by atoms with van der Waals surface area (Å²) in [5.41, 5.74) is 6.45. The molecule has 0 bridgehead atoms. The first-order valence-corrected chi connectivity index (χ1v) is 13.6. The summed E-state index contributed by atoms with van der Waals surface area (Å²) in [7, 11) is 0. The molecule has 7 heteroatoms. The monoisotopic (exact) mass is 506 g/mol. The first-order valence-electron chi connectivity index (χ1n) is 13.6. The van der Waals surface area contributed by atoms with Crippen LogP contribution in [0.5, 0.6) is 0 Å². The second-order valence-electron chi connectivity index (χ2n) is 11.0. The van der Waals surface area contributed by atoms with Crippen molar-refractivity contribution in [2.75, 3.05) is 13.1 Å². The lowest BCUT2D eigenvalue weighted by Crippen LogP contribution is -2.40. The number of amides is 1. The number of rotatable bonds is 3. The van der Waals surface area contributed by atoms with Crippen LogP contribution in [0, 0.1) is 12.8 Å². The number of likely N-dealkylation sites (tertiary alicyclic amines) is 1. The number of fused-ring (bicyclic) bond motifs is 1. The highest BCUT2D eigenvalue weighted by atomic mass is 16.2. The molecule has 0 radical (unpaired) electrons. The van der Waals surface area contributed by atoms with E-state index >= 15 is 0 Å². The van der Waals surface area contributed by atoms with Gasteiger partial charge in [0.25, 0.3) is 0 Å². The van der Waals surface area contributed by atoms with Gasteiger partial charge in [0.05, 0.1) is 29.4 Å². The minimum Gasteiger partial charge on any atom is -0.347 e. The molecule has 1 atom stereocenters. The van der Waals surface area contributed by atoms with Crippen LogP contribution in [0.2, 0.25) is 0 Å². The van der Waals surface area contributed by atoms with Crippen LogP contribution in [0.3, 0.4) is 0 Å². The van der Waals surface area contributed by atoms with Gasteiger partial charge in [-0.05, 0) is 62.8 Å². The summed E-state index contributed by atoms with van der Waals surface area (Å²) in [5, 5.41) is 0.982. The molecule has 38 heavy (non-hydrogen) atoms. The van der Waals surface area contributed by atoms with Crippen molar-refractivity contribution in [1.29, 1.82) is 0 Å². The van der Waals surface area contributed by atoms with E-state index in [1.165, 1.54) is 6.42 Å². The zero-order valence-corrected chi connectivity index (χ0v) is 21.6. The van der Waals surface area contributed by atoms with Crippen molar-refractivity contribution in [3.05, 3.63) is 71.3 Å². The lowest BCUT2D eigenvalue weighted by atomic mass is 9.91. The van der Waals surface area contributed by atoms with E-state index in [1.54, 1.807) is 6.20 Å². The molecule has 0 saturated carbocycles. The first kappa shape index (κ1) is 23.1. The molecule has 1 saturated heterocycles. The molecule has 1 aromatic carbocycles. The van der Waals surface area contributed by atoms with E-state index in [1.807, 2.05) is 35.0 Å². The minimum atomic E-state index is -0.163. The Labute approximate surface area is 220 Å². The number of carbonyl (C=O) groups is 3. The summed E-state index contributed by atoms with van der Waals surface area (Å²) in [6.07, 6.45) is 10.3. The Bertz CT molecular complexity index is 1680. The molecule has 0 N–H and O–H groups in total. The topological polar surface area (TPSA) is 76.7 Å². The third kappa shape index (κ3) is 3.56. The van der Waals surface area contributed by atoms with Crippen molar-refractivity contribution < 1.29 is 14.4 Å². The Balaban J connectivity index is 1.37. The second kappa shape index (κ2) is 8.79. The van der Waals surface area contributed by atoms with Crippen LogP contribution in [-0.4, -0.2) is 49.4 Å². The van der Waals surface area contributed by atoms with Crippen molar-refractivity contribution in [2.45, 2.75) is 52.0 Å². The average molecular weight is 507 g/mol. The third-order valence-corrected chi connectivity index (χ3v) is 8.47. The molecule has 4 aromatic rings. The maximum Gasteiger partial charge on any atom is 0.226 e. The van der Waals surface area contributed by atoms with Gasteiger partial charge in [0.15, 0.2) is 11.6 Å². The molecule has 0 spiro atoms. The van der Waals surface area contributed by atoms with Crippen LogP contribution in [0.1, 0.15) is 54.5 Å². The van der Waals surface area contributed by atoms with E-state index in [9.17, 15) is 14.4 Å². The normalized spacial score (nSPS) is 20.1. The quantitative estimate of drug-likeness (QED) is 0.380. The average Bonchev–Trinajstić information content (AvgIpc) is 3.54. The zero-order chi connectivity index (χ0) is 26.0. The lowest BCUT2D eigenvalue weighted by Gasteiger charge is -2.30. The van der Waals surface area contributed by atoms with Crippen LogP contribution >= 0.6 is 0 Å². The van der Waals surface area contributed by atoms with Crippen LogP contribution in [0.15, 0.2) is 48.9 Å². The number of ketones is 2. The van der Waals surface area contributed by atoms with Crippen LogP contribution in [0.25, 0.3) is 27.7 Å². The molecule has 7 nitrogen and oxygen atoms in total. The third-order valence-electron chi connectivity index (χ3n) is 8.47. The number of aryl methyl sites for hydroxylation is 2. The fourth-order valence-electron chi connectivity index (χ4n) is 6.74. The number of carbonyl (C=O) groups excluding carboxylic acids is 3. The molecule has 1 aliphatic carbocycles. The molecule has 1 unspecified atom stereocenters. The van der Waals surface area contributed by atoms with E-state index in [2.05, 4.69) is 33.5 Å². The van der Waals surface area contributed by atoms with Crippen LogP contribution < -0.4 is 0 Å². The van der Waals surface area contributed by atoms with Gasteiger partial charge in [0.2, 0.25) is 5.91 Å². The maximum atomic E-state index is 13.4. The van der Waals surface area contributed by atoms with Gasteiger partial charge >= 0.3 is 0 Å². The molecule has 3 aromatic heterocycles. The zero-order valence-electron chi connectivity index (χ0n) is 21.6. The van der Waals surface area contributed by atoms with Gasteiger partial charge in [-0.25, -0.2) is 4.98 Å². The summed E-state index contributed by atoms with van der Waals surface area (Å²) in [5.74, 6) is -0.0690. The van der Waals surface area contributed by atoms with Crippen molar-refractivity contribution in [3.63, 3.8) is 0 Å². The Hall–Kier alpha value is -4.00. The SMILES string of the molecule is Cc1cc2c3c(c1)c(C1=C(c4cnc5ccccn45)C(=O)CC1=O)cn3CCC(C(=O)N1CCCCC1)C2. The number of Topliss-reactive ketones (excluding diaryl/α,β-unsaturated/α-hetero) is 2. The molecule has 1 fully saturated rings. The minimum absolute atomic E-state index is 0.0379.